The largest absolute Gasteiger partial charge is 0.493 e. The van der Waals surface area contributed by atoms with E-state index in [1.807, 2.05) is 43.3 Å². The molecule has 0 fully saturated rings. The molecular weight excluding hydrogens is 320 g/mol. The average Bonchev–Trinajstić information content (AvgIpc) is 2.65. The molecule has 1 N–H and O–H groups in total. The van der Waals surface area contributed by atoms with E-state index in [-0.39, 0.29) is 5.91 Å². The molecule has 1 aliphatic rings. The number of ether oxygens (including phenoxy) is 3. The van der Waals surface area contributed by atoms with Crippen molar-refractivity contribution in [1.29, 1.82) is 0 Å². The van der Waals surface area contributed by atoms with Crippen LogP contribution in [0, 0.1) is 0 Å². The monoisotopic (exact) mass is 342 g/mol. The van der Waals surface area contributed by atoms with Gasteiger partial charge in [0.05, 0.1) is 7.11 Å². The maximum Gasteiger partial charge on any atom is 0.251 e. The highest BCUT2D eigenvalue weighted by Gasteiger charge is 2.20. The number of amides is 1. The Morgan fingerprint density at radius 2 is 1.88 bits per heavy atom. The van der Waals surface area contributed by atoms with Gasteiger partial charge in [0.2, 0.25) is 5.75 Å². The van der Waals surface area contributed by atoms with Gasteiger partial charge in [-0.2, -0.15) is 0 Å². The molecule has 0 spiro atoms. The highest BCUT2D eigenvalue weighted by molar-refractivity contribution is 5.95. The zero-order chi connectivity index (χ0) is 17.8. The number of nitrogens with one attached hydrogen (secondary N) is 1. The smallest absolute Gasteiger partial charge is 0.251 e. The van der Waals surface area contributed by atoms with Crippen LogP contribution in [0.25, 0.3) is 0 Å². The van der Waals surface area contributed by atoms with Gasteiger partial charge < -0.3 is 24.4 Å². The number of rotatable bonds is 5. The number of fused-ring (bicyclic) bond motifs is 1. The van der Waals surface area contributed by atoms with Crippen LogP contribution in [0.15, 0.2) is 36.4 Å². The number of nitrogens with zero attached hydrogens (tertiary/aromatic N) is 1. The fraction of sp³-hybridized carbons (Fsp3) is 0.316. The van der Waals surface area contributed by atoms with Crippen molar-refractivity contribution >= 4 is 11.6 Å². The van der Waals surface area contributed by atoms with Crippen LogP contribution >= 0.6 is 0 Å². The van der Waals surface area contributed by atoms with E-state index in [0.29, 0.717) is 42.6 Å². The van der Waals surface area contributed by atoms with E-state index in [2.05, 4.69) is 5.32 Å². The van der Waals surface area contributed by atoms with Gasteiger partial charge in [-0.15, -0.1) is 0 Å². The lowest BCUT2D eigenvalue weighted by atomic mass is 10.1. The van der Waals surface area contributed by atoms with Crippen molar-refractivity contribution in [3.8, 4) is 17.2 Å². The lowest BCUT2D eigenvalue weighted by Crippen LogP contribution is -2.23. The third kappa shape index (κ3) is 3.79. The van der Waals surface area contributed by atoms with Gasteiger partial charge in [0, 0.05) is 31.9 Å². The summed E-state index contributed by atoms with van der Waals surface area (Å²) in [5.41, 5.74) is 2.63. The van der Waals surface area contributed by atoms with E-state index in [1.165, 1.54) is 0 Å². The summed E-state index contributed by atoms with van der Waals surface area (Å²) in [5, 5.41) is 2.92. The van der Waals surface area contributed by atoms with Gasteiger partial charge in [0.25, 0.3) is 5.91 Å². The van der Waals surface area contributed by atoms with Gasteiger partial charge in [-0.05, 0) is 29.8 Å². The number of hydrogen-bond donors (Lipinski definition) is 1. The second kappa shape index (κ2) is 7.34. The first kappa shape index (κ1) is 17.0. The Morgan fingerprint density at radius 1 is 1.16 bits per heavy atom. The SMILES string of the molecule is COc1cc(C(=O)NCc2ccc(N(C)C)cc2)cc2c1OCCO2. The molecule has 6 heteroatoms. The Morgan fingerprint density at radius 3 is 2.56 bits per heavy atom. The first-order chi connectivity index (χ1) is 12.1. The van der Waals surface area contributed by atoms with E-state index in [4.69, 9.17) is 14.2 Å². The first-order valence-corrected chi connectivity index (χ1v) is 8.10. The normalized spacial score (nSPS) is 12.4. The standard InChI is InChI=1S/C19H22N2O4/c1-21(2)15-6-4-13(5-7-15)12-20-19(22)14-10-16(23-3)18-17(11-14)24-8-9-25-18/h4-7,10-11H,8-9,12H2,1-3H3,(H,20,22). The molecular formula is C19H22N2O4. The Labute approximate surface area is 147 Å². The fourth-order valence-electron chi connectivity index (χ4n) is 2.60. The van der Waals surface area contributed by atoms with Crippen LogP contribution in [0.1, 0.15) is 15.9 Å². The molecule has 0 aromatic heterocycles. The summed E-state index contributed by atoms with van der Waals surface area (Å²) in [4.78, 5) is 14.5. The van der Waals surface area contributed by atoms with Crippen molar-refractivity contribution in [2.45, 2.75) is 6.54 Å². The van der Waals surface area contributed by atoms with Crippen LogP contribution in [-0.2, 0) is 6.54 Å². The summed E-state index contributed by atoms with van der Waals surface area (Å²) in [6.45, 7) is 1.38. The van der Waals surface area contributed by atoms with Crippen LogP contribution < -0.4 is 24.4 Å². The molecule has 1 heterocycles. The molecule has 1 aliphatic heterocycles. The van der Waals surface area contributed by atoms with Gasteiger partial charge in [-0.1, -0.05) is 12.1 Å². The summed E-state index contributed by atoms with van der Waals surface area (Å²) in [5.74, 6) is 1.39. The summed E-state index contributed by atoms with van der Waals surface area (Å²) < 4.78 is 16.4. The van der Waals surface area contributed by atoms with Crippen molar-refractivity contribution < 1.29 is 19.0 Å². The van der Waals surface area contributed by atoms with Crippen LogP contribution in [-0.4, -0.2) is 40.3 Å². The molecule has 0 aliphatic carbocycles. The maximum absolute atomic E-state index is 12.5. The minimum absolute atomic E-state index is 0.188. The van der Waals surface area contributed by atoms with Crippen molar-refractivity contribution in [2.75, 3.05) is 39.3 Å². The number of anilines is 1. The van der Waals surface area contributed by atoms with Crippen molar-refractivity contribution in [2.24, 2.45) is 0 Å². The lowest BCUT2D eigenvalue weighted by Gasteiger charge is -2.21. The van der Waals surface area contributed by atoms with E-state index in [9.17, 15) is 4.79 Å². The number of benzene rings is 2. The van der Waals surface area contributed by atoms with Gasteiger partial charge >= 0.3 is 0 Å². The fourth-order valence-corrected chi connectivity index (χ4v) is 2.60. The molecule has 2 aromatic rings. The van der Waals surface area contributed by atoms with Crippen LogP contribution in [0.3, 0.4) is 0 Å². The third-order valence-electron chi connectivity index (χ3n) is 4.00. The second-order valence-electron chi connectivity index (χ2n) is 5.95. The van der Waals surface area contributed by atoms with Crippen LogP contribution in [0.4, 0.5) is 5.69 Å². The van der Waals surface area contributed by atoms with Gasteiger partial charge in [0.15, 0.2) is 11.5 Å². The zero-order valence-electron chi connectivity index (χ0n) is 14.7. The molecule has 25 heavy (non-hydrogen) atoms. The minimum atomic E-state index is -0.188. The van der Waals surface area contributed by atoms with Crippen LogP contribution in [0.2, 0.25) is 0 Å². The van der Waals surface area contributed by atoms with Gasteiger partial charge in [0.1, 0.15) is 13.2 Å². The zero-order valence-corrected chi connectivity index (χ0v) is 14.7. The number of carbonyl (C=O) groups is 1. The molecule has 2 aromatic carbocycles. The molecule has 0 bridgehead atoms. The molecule has 1 amide bonds. The predicted octanol–water partition coefficient (Wildman–Crippen LogP) is 2.46. The van der Waals surface area contributed by atoms with E-state index < -0.39 is 0 Å². The van der Waals surface area contributed by atoms with Gasteiger partial charge in [-0.25, -0.2) is 0 Å². The Kier molecular flexibility index (Phi) is 4.97. The number of carbonyl (C=O) groups excluding carboxylic acids is 1. The van der Waals surface area contributed by atoms with E-state index >= 15 is 0 Å². The molecule has 0 saturated carbocycles. The summed E-state index contributed by atoms with van der Waals surface area (Å²) >= 11 is 0. The Hall–Kier alpha value is -2.89. The van der Waals surface area contributed by atoms with Crippen molar-refractivity contribution in [3.63, 3.8) is 0 Å². The lowest BCUT2D eigenvalue weighted by molar-refractivity contribution is 0.0949. The molecule has 0 unspecified atom stereocenters. The number of methoxy groups -OCH3 is 1. The summed E-state index contributed by atoms with van der Waals surface area (Å²) in [6.07, 6.45) is 0. The average molecular weight is 342 g/mol. The summed E-state index contributed by atoms with van der Waals surface area (Å²) in [7, 11) is 5.53. The quantitative estimate of drug-likeness (QED) is 0.904. The molecule has 3 rings (SSSR count). The van der Waals surface area contributed by atoms with Crippen molar-refractivity contribution in [3.05, 3.63) is 47.5 Å². The highest BCUT2D eigenvalue weighted by Crippen LogP contribution is 2.40. The molecule has 0 radical (unpaired) electrons. The van der Waals surface area contributed by atoms with Gasteiger partial charge in [-0.3, -0.25) is 4.79 Å². The van der Waals surface area contributed by atoms with Crippen LogP contribution in [0.5, 0.6) is 17.2 Å². The Bertz CT molecular complexity index is 740. The van der Waals surface area contributed by atoms with E-state index in [0.717, 1.165) is 11.3 Å². The van der Waals surface area contributed by atoms with E-state index in [1.54, 1.807) is 19.2 Å². The number of hydrogen-bond acceptors (Lipinski definition) is 5. The molecule has 132 valence electrons. The second-order valence-corrected chi connectivity index (χ2v) is 5.95. The molecule has 6 nitrogen and oxygen atoms in total. The molecule has 0 atom stereocenters. The predicted molar refractivity (Wildman–Crippen MR) is 95.9 cm³/mol. The minimum Gasteiger partial charge on any atom is -0.493 e. The first-order valence-electron chi connectivity index (χ1n) is 8.10. The maximum atomic E-state index is 12.5. The topological polar surface area (TPSA) is 60.0 Å². The third-order valence-corrected chi connectivity index (χ3v) is 4.00. The Balaban J connectivity index is 1.70. The molecule has 0 saturated heterocycles. The van der Waals surface area contributed by atoms with Crippen molar-refractivity contribution in [1.82, 2.24) is 5.32 Å². The summed E-state index contributed by atoms with van der Waals surface area (Å²) in [6, 6.07) is 11.4. The highest BCUT2D eigenvalue weighted by atomic mass is 16.6.